The van der Waals surface area contributed by atoms with E-state index in [1.165, 1.54) is 0 Å². The van der Waals surface area contributed by atoms with Crippen LogP contribution in [0, 0.1) is 0 Å². The van der Waals surface area contributed by atoms with Gasteiger partial charge in [0.15, 0.2) is 11.6 Å². The second-order valence-corrected chi connectivity index (χ2v) is 7.12. The van der Waals surface area contributed by atoms with E-state index in [0.717, 1.165) is 11.4 Å². The van der Waals surface area contributed by atoms with Gasteiger partial charge in [0.2, 0.25) is 0 Å². The molecule has 0 radical (unpaired) electrons. The Morgan fingerprint density at radius 3 is 1.36 bits per heavy atom. The summed E-state index contributed by atoms with van der Waals surface area (Å²) in [7, 11) is 0. The fourth-order valence-corrected chi connectivity index (χ4v) is 2.66. The lowest BCUT2D eigenvalue weighted by Gasteiger charge is -2.09. The number of benzene rings is 2. The zero-order chi connectivity index (χ0) is 20.5. The van der Waals surface area contributed by atoms with Gasteiger partial charge in [-0.2, -0.15) is 0 Å². The van der Waals surface area contributed by atoms with Crippen molar-refractivity contribution in [3.05, 3.63) is 93.2 Å². The zero-order valence-electron chi connectivity index (χ0n) is 15.8. The number of rotatable bonds is 9. The first-order chi connectivity index (χ1) is 13.3. The number of carbonyl (C=O) groups is 2. The highest BCUT2D eigenvalue weighted by Crippen LogP contribution is 2.11. The maximum absolute atomic E-state index is 12.2. The Balaban J connectivity index is 1.77. The second-order valence-electron chi connectivity index (χ2n) is 6.25. The quantitative estimate of drug-likeness (QED) is 0.341. The van der Waals surface area contributed by atoms with Crippen LogP contribution in [0.15, 0.2) is 72.1 Å². The van der Waals surface area contributed by atoms with Crippen LogP contribution in [0.4, 0.5) is 0 Å². The SMILES string of the molecule is CC(=CC(=O)c1ccc(Cl)cc1)NCCNC(C)=CC(=O)c1ccc(Cl)cc1. The van der Waals surface area contributed by atoms with Crippen LogP contribution in [0.3, 0.4) is 0 Å². The van der Waals surface area contributed by atoms with E-state index >= 15 is 0 Å². The average molecular weight is 417 g/mol. The summed E-state index contributed by atoms with van der Waals surface area (Å²) in [5.74, 6) is -0.168. The van der Waals surface area contributed by atoms with E-state index in [-0.39, 0.29) is 11.6 Å². The molecule has 146 valence electrons. The Bertz CT molecular complexity index is 810. The fraction of sp³-hybridized carbons (Fsp3) is 0.182. The number of ketones is 2. The molecule has 0 unspecified atom stereocenters. The van der Waals surface area contributed by atoms with Crippen molar-refractivity contribution in [2.75, 3.05) is 13.1 Å². The summed E-state index contributed by atoms with van der Waals surface area (Å²) in [5, 5.41) is 7.53. The predicted octanol–water partition coefficient (Wildman–Crippen LogP) is 5.05. The molecule has 0 saturated heterocycles. The number of halogens is 2. The molecule has 0 aromatic heterocycles. The Morgan fingerprint density at radius 1 is 0.714 bits per heavy atom. The first-order valence-corrected chi connectivity index (χ1v) is 9.55. The van der Waals surface area contributed by atoms with Crippen molar-refractivity contribution < 1.29 is 9.59 Å². The van der Waals surface area contributed by atoms with E-state index in [1.54, 1.807) is 60.7 Å². The van der Waals surface area contributed by atoms with E-state index in [4.69, 9.17) is 23.2 Å². The topological polar surface area (TPSA) is 58.2 Å². The minimum atomic E-state index is -0.0840. The minimum absolute atomic E-state index is 0.0840. The molecule has 2 rings (SSSR count). The predicted molar refractivity (Wildman–Crippen MR) is 115 cm³/mol. The monoisotopic (exact) mass is 416 g/mol. The van der Waals surface area contributed by atoms with Gasteiger partial charge in [-0.3, -0.25) is 9.59 Å². The van der Waals surface area contributed by atoms with Crippen molar-refractivity contribution in [3.63, 3.8) is 0 Å². The molecule has 2 aromatic carbocycles. The van der Waals surface area contributed by atoms with Gasteiger partial charge < -0.3 is 10.6 Å². The number of nitrogens with one attached hydrogen (secondary N) is 2. The van der Waals surface area contributed by atoms with Gasteiger partial charge >= 0.3 is 0 Å². The van der Waals surface area contributed by atoms with E-state index in [0.29, 0.717) is 34.3 Å². The third-order valence-electron chi connectivity index (χ3n) is 3.89. The molecule has 0 fully saturated rings. The normalized spacial score (nSPS) is 11.9. The highest BCUT2D eigenvalue weighted by Gasteiger charge is 2.04. The summed E-state index contributed by atoms with van der Waals surface area (Å²) in [6.45, 7) is 4.88. The number of hydrogen-bond donors (Lipinski definition) is 2. The van der Waals surface area contributed by atoms with Gasteiger partial charge in [-0.15, -0.1) is 0 Å². The summed E-state index contributed by atoms with van der Waals surface area (Å²) >= 11 is 11.7. The molecule has 0 aliphatic carbocycles. The summed E-state index contributed by atoms with van der Waals surface area (Å²) in [5.41, 5.74) is 2.70. The van der Waals surface area contributed by atoms with Crippen molar-refractivity contribution in [2.45, 2.75) is 13.8 Å². The maximum Gasteiger partial charge on any atom is 0.187 e. The van der Waals surface area contributed by atoms with Gasteiger partial charge in [-0.25, -0.2) is 0 Å². The fourth-order valence-electron chi connectivity index (χ4n) is 2.41. The van der Waals surface area contributed by atoms with Gasteiger partial charge in [0.05, 0.1) is 0 Å². The van der Waals surface area contributed by atoms with Crippen molar-refractivity contribution in [1.82, 2.24) is 10.6 Å². The van der Waals surface area contributed by atoms with Crippen LogP contribution >= 0.6 is 23.2 Å². The van der Waals surface area contributed by atoms with Gasteiger partial charge in [0, 0.05) is 57.8 Å². The van der Waals surface area contributed by atoms with Crippen LogP contribution in [0.2, 0.25) is 10.0 Å². The summed E-state index contributed by atoms with van der Waals surface area (Å²) in [6.07, 6.45) is 3.10. The number of hydrogen-bond acceptors (Lipinski definition) is 4. The average Bonchev–Trinajstić information content (AvgIpc) is 2.66. The minimum Gasteiger partial charge on any atom is -0.387 e. The van der Waals surface area contributed by atoms with Crippen molar-refractivity contribution >= 4 is 34.8 Å². The highest BCUT2D eigenvalue weighted by molar-refractivity contribution is 6.31. The van der Waals surface area contributed by atoms with Gasteiger partial charge in [0.25, 0.3) is 0 Å². The maximum atomic E-state index is 12.2. The molecule has 0 aliphatic rings. The molecule has 28 heavy (non-hydrogen) atoms. The first-order valence-electron chi connectivity index (χ1n) is 8.79. The molecule has 2 N–H and O–H groups in total. The highest BCUT2D eigenvalue weighted by atomic mass is 35.5. The van der Waals surface area contributed by atoms with Crippen LogP contribution in [-0.2, 0) is 0 Å². The second kappa shape index (κ2) is 10.7. The van der Waals surface area contributed by atoms with Crippen LogP contribution in [0.5, 0.6) is 0 Å². The molecule has 0 aliphatic heterocycles. The molecular formula is C22H22Cl2N2O2. The van der Waals surface area contributed by atoms with Crippen LogP contribution in [0.1, 0.15) is 34.6 Å². The largest absolute Gasteiger partial charge is 0.387 e. The number of allylic oxidation sites excluding steroid dienone is 4. The molecule has 4 nitrogen and oxygen atoms in total. The smallest absolute Gasteiger partial charge is 0.187 e. The van der Waals surface area contributed by atoms with E-state index in [2.05, 4.69) is 10.6 Å². The third kappa shape index (κ3) is 7.22. The first kappa shape index (κ1) is 21.7. The summed E-state index contributed by atoms with van der Waals surface area (Å²) < 4.78 is 0. The standard InChI is InChI=1S/C22H22Cl2N2O2/c1-15(13-21(27)17-3-7-19(23)8-4-17)25-11-12-26-16(2)14-22(28)18-5-9-20(24)10-6-18/h3-10,13-14,25-26H,11-12H2,1-2H3. The van der Waals surface area contributed by atoms with Crippen molar-refractivity contribution in [1.29, 1.82) is 0 Å². The van der Waals surface area contributed by atoms with Crippen molar-refractivity contribution in [2.24, 2.45) is 0 Å². The summed E-state index contributed by atoms with van der Waals surface area (Å²) in [6, 6.07) is 13.5. The van der Waals surface area contributed by atoms with Gasteiger partial charge in [-0.05, 0) is 62.4 Å². The van der Waals surface area contributed by atoms with Crippen molar-refractivity contribution in [3.8, 4) is 0 Å². The van der Waals surface area contributed by atoms with Gasteiger partial charge in [0.1, 0.15) is 0 Å². The zero-order valence-corrected chi connectivity index (χ0v) is 17.3. The van der Waals surface area contributed by atoms with Gasteiger partial charge in [-0.1, -0.05) is 23.2 Å². The Kier molecular flexibility index (Phi) is 8.30. The molecule has 0 saturated carbocycles. The molecule has 0 spiro atoms. The van der Waals surface area contributed by atoms with Crippen LogP contribution < -0.4 is 10.6 Å². The molecule has 0 amide bonds. The van der Waals surface area contributed by atoms with E-state index < -0.39 is 0 Å². The third-order valence-corrected chi connectivity index (χ3v) is 4.39. The Hall–Kier alpha value is -2.56. The molecule has 0 atom stereocenters. The van der Waals surface area contributed by atoms with Crippen LogP contribution in [0.25, 0.3) is 0 Å². The Morgan fingerprint density at radius 2 is 1.04 bits per heavy atom. The molecule has 2 aromatic rings. The Labute approximate surface area is 175 Å². The van der Waals surface area contributed by atoms with E-state index in [1.807, 2.05) is 13.8 Å². The van der Waals surface area contributed by atoms with Crippen LogP contribution in [-0.4, -0.2) is 24.7 Å². The molecule has 6 heteroatoms. The molecular weight excluding hydrogens is 395 g/mol. The number of carbonyl (C=O) groups excluding carboxylic acids is 2. The van der Waals surface area contributed by atoms with E-state index in [9.17, 15) is 9.59 Å². The molecule has 0 bridgehead atoms. The lowest BCUT2D eigenvalue weighted by Crippen LogP contribution is -2.26. The summed E-state index contributed by atoms with van der Waals surface area (Å²) in [4.78, 5) is 24.3. The molecule has 0 heterocycles. The lowest BCUT2D eigenvalue weighted by atomic mass is 10.1. The lowest BCUT2D eigenvalue weighted by molar-refractivity contribution is 0.103.